The van der Waals surface area contributed by atoms with Crippen molar-refractivity contribution in [3.05, 3.63) is 81.8 Å². The van der Waals surface area contributed by atoms with Crippen LogP contribution >= 0.6 is 0 Å². The number of amides is 1. The van der Waals surface area contributed by atoms with Crippen molar-refractivity contribution in [3.8, 4) is 0 Å². The number of nitro groups is 1. The van der Waals surface area contributed by atoms with Crippen molar-refractivity contribution in [1.82, 2.24) is 14.8 Å². The molecule has 0 unspecified atom stereocenters. The maximum Gasteiger partial charge on any atom is 0.272 e. The first-order valence-electron chi connectivity index (χ1n) is 8.01. The Hall–Kier alpha value is -3.55. The van der Waals surface area contributed by atoms with Crippen LogP contribution in [0.3, 0.4) is 0 Å². The Morgan fingerprint density at radius 2 is 2.00 bits per heavy atom. The molecule has 2 aromatic heterocycles. The number of anilines is 1. The van der Waals surface area contributed by atoms with Crippen molar-refractivity contribution in [2.75, 3.05) is 5.32 Å². The van der Waals surface area contributed by atoms with E-state index < -0.39 is 4.92 Å². The molecular weight excluding hydrogens is 334 g/mol. The molecule has 0 fully saturated rings. The number of hydrogen-bond acceptors (Lipinski definition) is 5. The van der Waals surface area contributed by atoms with Crippen molar-refractivity contribution in [1.29, 1.82) is 0 Å². The summed E-state index contributed by atoms with van der Waals surface area (Å²) in [6, 6.07) is 9.86. The van der Waals surface area contributed by atoms with Crippen LogP contribution in [0.1, 0.15) is 21.5 Å². The van der Waals surface area contributed by atoms with E-state index >= 15 is 0 Å². The predicted octanol–water partition coefficient (Wildman–Crippen LogP) is 2.99. The molecule has 0 atom stereocenters. The fraction of sp³-hybridized carbons (Fsp3) is 0.167. The third-order valence-corrected chi connectivity index (χ3v) is 3.92. The van der Waals surface area contributed by atoms with Crippen molar-refractivity contribution in [3.63, 3.8) is 0 Å². The van der Waals surface area contributed by atoms with Crippen molar-refractivity contribution in [2.45, 2.75) is 19.9 Å². The zero-order chi connectivity index (χ0) is 18.5. The number of pyridine rings is 1. The van der Waals surface area contributed by atoms with E-state index in [9.17, 15) is 14.9 Å². The first kappa shape index (κ1) is 17.3. The van der Waals surface area contributed by atoms with Crippen LogP contribution in [0.4, 0.5) is 11.5 Å². The third kappa shape index (κ3) is 4.10. The van der Waals surface area contributed by atoms with Crippen LogP contribution in [-0.4, -0.2) is 25.6 Å². The largest absolute Gasteiger partial charge is 0.305 e. The molecule has 2 heterocycles. The van der Waals surface area contributed by atoms with Gasteiger partial charge >= 0.3 is 0 Å². The molecule has 0 spiro atoms. The summed E-state index contributed by atoms with van der Waals surface area (Å²) in [7, 11) is 0. The quantitative estimate of drug-likeness (QED) is 0.543. The van der Waals surface area contributed by atoms with E-state index in [2.05, 4.69) is 15.4 Å². The maximum absolute atomic E-state index is 12.3. The highest BCUT2D eigenvalue weighted by atomic mass is 16.6. The third-order valence-electron chi connectivity index (χ3n) is 3.92. The normalized spacial score (nSPS) is 10.5. The second-order valence-corrected chi connectivity index (χ2v) is 5.78. The SMILES string of the molecule is Cc1cc(C(=O)Nc2ccn(CCc3ccncc3)n2)ccc1[N+](=O)[O-]. The van der Waals surface area contributed by atoms with Crippen LogP contribution in [0.2, 0.25) is 0 Å². The van der Waals surface area contributed by atoms with E-state index in [-0.39, 0.29) is 11.6 Å². The highest BCUT2D eigenvalue weighted by molar-refractivity contribution is 6.04. The van der Waals surface area contributed by atoms with Crippen molar-refractivity contribution < 1.29 is 9.72 Å². The molecule has 132 valence electrons. The molecule has 3 aromatic rings. The topological polar surface area (TPSA) is 103 Å². The van der Waals surface area contributed by atoms with E-state index in [0.717, 1.165) is 12.0 Å². The standard InChI is InChI=1S/C18H17N5O3/c1-13-12-15(2-3-16(13)23(25)26)18(24)20-17-7-11-22(21-17)10-6-14-4-8-19-9-5-14/h2-5,7-9,11-12H,6,10H2,1H3,(H,20,21,24). The van der Waals surface area contributed by atoms with Crippen LogP contribution in [0.25, 0.3) is 0 Å². The summed E-state index contributed by atoms with van der Waals surface area (Å²) >= 11 is 0. The fourth-order valence-corrected chi connectivity index (χ4v) is 2.54. The minimum absolute atomic E-state index is 0.0121. The van der Waals surface area contributed by atoms with Crippen LogP contribution in [0, 0.1) is 17.0 Å². The van der Waals surface area contributed by atoms with Gasteiger partial charge in [-0.15, -0.1) is 0 Å². The van der Waals surface area contributed by atoms with Gasteiger partial charge < -0.3 is 5.32 Å². The Balaban J connectivity index is 1.62. The molecule has 3 rings (SSSR count). The zero-order valence-electron chi connectivity index (χ0n) is 14.1. The van der Waals surface area contributed by atoms with E-state index in [1.165, 1.54) is 18.2 Å². The average Bonchev–Trinajstić information content (AvgIpc) is 3.08. The highest BCUT2D eigenvalue weighted by Gasteiger charge is 2.14. The highest BCUT2D eigenvalue weighted by Crippen LogP contribution is 2.19. The van der Waals surface area contributed by atoms with Gasteiger partial charge in [-0.3, -0.25) is 24.6 Å². The number of carbonyl (C=O) groups excluding carboxylic acids is 1. The molecule has 8 heteroatoms. The van der Waals surface area contributed by atoms with Gasteiger partial charge in [0, 0.05) is 48.4 Å². The fourth-order valence-electron chi connectivity index (χ4n) is 2.54. The molecule has 1 amide bonds. The number of rotatable bonds is 6. The molecule has 1 aromatic carbocycles. The van der Waals surface area contributed by atoms with Gasteiger partial charge in [0.15, 0.2) is 5.82 Å². The van der Waals surface area contributed by atoms with Crippen LogP contribution in [0.15, 0.2) is 55.0 Å². The number of benzene rings is 1. The number of nitro benzene ring substituents is 1. The average molecular weight is 351 g/mol. The van der Waals surface area contributed by atoms with Gasteiger partial charge in [0.25, 0.3) is 11.6 Å². The molecule has 8 nitrogen and oxygen atoms in total. The molecule has 0 aliphatic carbocycles. The van der Waals surface area contributed by atoms with Gasteiger partial charge in [-0.1, -0.05) is 0 Å². The van der Waals surface area contributed by atoms with Crippen molar-refractivity contribution >= 4 is 17.4 Å². The lowest BCUT2D eigenvalue weighted by atomic mass is 10.1. The number of nitrogens with one attached hydrogen (secondary N) is 1. The van der Waals surface area contributed by atoms with E-state index in [1.807, 2.05) is 12.1 Å². The summed E-state index contributed by atoms with van der Waals surface area (Å²) in [5, 5.41) is 17.9. The van der Waals surface area contributed by atoms with Gasteiger partial charge in [-0.05, 0) is 43.2 Å². The summed E-state index contributed by atoms with van der Waals surface area (Å²) in [5.74, 6) is 0.0723. The van der Waals surface area contributed by atoms with E-state index in [1.54, 1.807) is 36.3 Å². The minimum atomic E-state index is -0.471. The first-order chi connectivity index (χ1) is 12.5. The Morgan fingerprint density at radius 1 is 1.23 bits per heavy atom. The first-order valence-corrected chi connectivity index (χ1v) is 8.01. The Bertz CT molecular complexity index is 937. The maximum atomic E-state index is 12.3. The molecule has 1 N–H and O–H groups in total. The number of carbonyl (C=O) groups is 1. The lowest BCUT2D eigenvalue weighted by molar-refractivity contribution is -0.385. The predicted molar refractivity (Wildman–Crippen MR) is 96.0 cm³/mol. The smallest absolute Gasteiger partial charge is 0.272 e. The van der Waals surface area contributed by atoms with Gasteiger partial charge in [0.1, 0.15) is 0 Å². The molecular formula is C18H17N5O3. The molecule has 0 aliphatic heterocycles. The minimum Gasteiger partial charge on any atom is -0.305 e. The summed E-state index contributed by atoms with van der Waals surface area (Å²) in [4.78, 5) is 26.7. The van der Waals surface area contributed by atoms with Gasteiger partial charge in [-0.2, -0.15) is 5.10 Å². The van der Waals surface area contributed by atoms with Gasteiger partial charge in [0.05, 0.1) is 4.92 Å². The number of hydrogen-bond donors (Lipinski definition) is 1. The number of aromatic nitrogens is 3. The van der Waals surface area contributed by atoms with Crippen LogP contribution in [0.5, 0.6) is 0 Å². The second-order valence-electron chi connectivity index (χ2n) is 5.78. The lowest BCUT2D eigenvalue weighted by Gasteiger charge is -2.04. The van der Waals surface area contributed by atoms with Crippen LogP contribution < -0.4 is 5.32 Å². The van der Waals surface area contributed by atoms with Gasteiger partial charge in [0.2, 0.25) is 0 Å². The Kier molecular flexibility index (Phi) is 5.02. The summed E-state index contributed by atoms with van der Waals surface area (Å²) in [6.07, 6.45) is 6.09. The Labute approximate surface area is 149 Å². The lowest BCUT2D eigenvalue weighted by Crippen LogP contribution is -2.13. The monoisotopic (exact) mass is 351 g/mol. The Morgan fingerprint density at radius 3 is 2.69 bits per heavy atom. The van der Waals surface area contributed by atoms with E-state index in [4.69, 9.17) is 0 Å². The molecule has 0 radical (unpaired) electrons. The summed E-state index contributed by atoms with van der Waals surface area (Å²) in [6.45, 7) is 2.28. The summed E-state index contributed by atoms with van der Waals surface area (Å²) < 4.78 is 1.75. The molecule has 0 saturated carbocycles. The summed E-state index contributed by atoms with van der Waals surface area (Å²) in [5.41, 5.74) is 1.93. The molecule has 26 heavy (non-hydrogen) atoms. The van der Waals surface area contributed by atoms with Crippen LogP contribution in [-0.2, 0) is 13.0 Å². The molecule has 0 aliphatic rings. The van der Waals surface area contributed by atoms with Gasteiger partial charge in [-0.25, -0.2) is 0 Å². The number of nitrogens with zero attached hydrogens (tertiary/aromatic N) is 4. The molecule has 0 saturated heterocycles. The van der Waals surface area contributed by atoms with E-state index in [0.29, 0.717) is 23.5 Å². The molecule has 0 bridgehead atoms. The second kappa shape index (κ2) is 7.56. The number of aryl methyl sites for hydroxylation is 3. The zero-order valence-corrected chi connectivity index (χ0v) is 14.1. The van der Waals surface area contributed by atoms with Crippen molar-refractivity contribution in [2.24, 2.45) is 0 Å².